The van der Waals surface area contributed by atoms with Crippen LogP contribution < -0.4 is 10.1 Å². The quantitative estimate of drug-likeness (QED) is 0.554. The van der Waals surface area contributed by atoms with E-state index in [2.05, 4.69) is 21.2 Å². The fourth-order valence-corrected chi connectivity index (χ4v) is 4.11. The minimum Gasteiger partial charge on any atom is -0.497 e. The summed E-state index contributed by atoms with van der Waals surface area (Å²) in [6.07, 6.45) is 0.548. The van der Waals surface area contributed by atoms with Crippen LogP contribution in [0, 0.1) is 0 Å². The van der Waals surface area contributed by atoms with Crippen LogP contribution >= 0.6 is 27.7 Å². The molecular formula is C22H27BrN2O3S. The van der Waals surface area contributed by atoms with E-state index in [1.165, 1.54) is 0 Å². The van der Waals surface area contributed by atoms with Gasteiger partial charge in [-0.15, -0.1) is 11.8 Å². The van der Waals surface area contributed by atoms with Crippen LogP contribution in [0.25, 0.3) is 0 Å². The molecular weight excluding hydrogens is 452 g/mol. The van der Waals surface area contributed by atoms with Crippen molar-refractivity contribution in [2.24, 2.45) is 0 Å². The molecule has 29 heavy (non-hydrogen) atoms. The van der Waals surface area contributed by atoms with Crippen LogP contribution in [0.2, 0.25) is 0 Å². The van der Waals surface area contributed by atoms with E-state index in [-0.39, 0.29) is 11.8 Å². The molecule has 2 amide bonds. The first kappa shape index (κ1) is 23.3. The predicted octanol–water partition coefficient (Wildman–Crippen LogP) is 4.24. The molecule has 2 aromatic rings. The summed E-state index contributed by atoms with van der Waals surface area (Å²) in [5.74, 6) is 1.58. The van der Waals surface area contributed by atoms with Crippen LogP contribution in [-0.4, -0.2) is 42.7 Å². The van der Waals surface area contributed by atoms with Crippen molar-refractivity contribution in [1.29, 1.82) is 0 Å². The highest BCUT2D eigenvalue weighted by molar-refractivity contribution is 9.10. The Morgan fingerprint density at radius 1 is 1.17 bits per heavy atom. The Balaban J connectivity index is 2.10. The van der Waals surface area contributed by atoms with Gasteiger partial charge in [0.2, 0.25) is 11.8 Å². The lowest BCUT2D eigenvalue weighted by molar-refractivity contribution is -0.139. The highest BCUT2D eigenvalue weighted by atomic mass is 79.9. The maximum atomic E-state index is 13.1. The number of halogens is 1. The van der Waals surface area contributed by atoms with E-state index in [1.54, 1.807) is 30.8 Å². The van der Waals surface area contributed by atoms with Crippen molar-refractivity contribution >= 4 is 39.5 Å². The smallest absolute Gasteiger partial charge is 0.242 e. The van der Waals surface area contributed by atoms with Crippen molar-refractivity contribution in [2.45, 2.75) is 31.7 Å². The molecule has 0 aromatic heterocycles. The lowest BCUT2D eigenvalue weighted by atomic mass is 10.1. The molecule has 1 unspecified atom stereocenters. The van der Waals surface area contributed by atoms with Crippen molar-refractivity contribution < 1.29 is 14.3 Å². The van der Waals surface area contributed by atoms with Gasteiger partial charge in [0.1, 0.15) is 11.8 Å². The van der Waals surface area contributed by atoms with Gasteiger partial charge in [0, 0.05) is 23.8 Å². The zero-order valence-corrected chi connectivity index (χ0v) is 19.4. The van der Waals surface area contributed by atoms with E-state index in [0.29, 0.717) is 18.7 Å². The van der Waals surface area contributed by atoms with E-state index < -0.39 is 6.04 Å². The predicted molar refractivity (Wildman–Crippen MR) is 122 cm³/mol. The van der Waals surface area contributed by atoms with Gasteiger partial charge in [-0.3, -0.25) is 9.59 Å². The standard InChI is InChI=1S/C22H27BrN2O3S/c1-4-20(22(27)24-2)25(13-17-6-5-7-19(12-17)28-3)21(26)15-29-14-16-8-10-18(23)11-9-16/h5-12,20H,4,13-15H2,1-3H3,(H,24,27). The second-order valence-electron chi connectivity index (χ2n) is 6.53. The molecule has 1 N–H and O–H groups in total. The molecule has 0 fully saturated rings. The van der Waals surface area contributed by atoms with Gasteiger partial charge in [0.15, 0.2) is 0 Å². The summed E-state index contributed by atoms with van der Waals surface area (Å²) in [5.41, 5.74) is 2.08. The zero-order valence-electron chi connectivity index (χ0n) is 17.0. The lowest BCUT2D eigenvalue weighted by Crippen LogP contribution is -2.48. The Hall–Kier alpha value is -1.99. The maximum absolute atomic E-state index is 13.1. The van der Waals surface area contributed by atoms with Gasteiger partial charge in [0.05, 0.1) is 12.9 Å². The first-order valence-corrected chi connectivity index (χ1v) is 11.4. The summed E-state index contributed by atoms with van der Waals surface area (Å²) >= 11 is 4.98. The molecule has 0 saturated carbocycles. The number of nitrogens with zero attached hydrogens (tertiary/aromatic N) is 1. The van der Waals surface area contributed by atoms with E-state index in [4.69, 9.17) is 4.74 Å². The summed E-state index contributed by atoms with van der Waals surface area (Å²) in [4.78, 5) is 27.1. The first-order chi connectivity index (χ1) is 14.0. The molecule has 0 aliphatic heterocycles. The number of benzene rings is 2. The number of carbonyl (C=O) groups is 2. The number of thioether (sulfide) groups is 1. The highest BCUT2D eigenvalue weighted by Crippen LogP contribution is 2.20. The molecule has 5 nitrogen and oxygen atoms in total. The normalized spacial score (nSPS) is 11.6. The molecule has 156 valence electrons. The van der Waals surface area contributed by atoms with Crippen LogP contribution in [0.4, 0.5) is 0 Å². The maximum Gasteiger partial charge on any atom is 0.242 e. The summed E-state index contributed by atoms with van der Waals surface area (Å²) in [7, 11) is 3.21. The molecule has 2 aromatic carbocycles. The van der Waals surface area contributed by atoms with E-state index in [1.807, 2.05) is 55.5 Å². The third-order valence-electron chi connectivity index (χ3n) is 4.53. The van der Waals surface area contributed by atoms with Gasteiger partial charge >= 0.3 is 0 Å². The van der Waals surface area contributed by atoms with Crippen LogP contribution in [0.5, 0.6) is 5.75 Å². The molecule has 2 rings (SSSR count). The van der Waals surface area contributed by atoms with E-state index >= 15 is 0 Å². The lowest BCUT2D eigenvalue weighted by Gasteiger charge is -2.30. The Kier molecular flexibility index (Phi) is 9.54. The summed E-state index contributed by atoms with van der Waals surface area (Å²) in [5, 5.41) is 2.68. The number of ether oxygens (including phenoxy) is 1. The van der Waals surface area contributed by atoms with Crippen LogP contribution in [0.3, 0.4) is 0 Å². The second kappa shape index (κ2) is 11.9. The molecule has 0 saturated heterocycles. The Bertz CT molecular complexity index is 814. The third-order valence-corrected chi connectivity index (χ3v) is 6.04. The fraction of sp³-hybridized carbons (Fsp3) is 0.364. The molecule has 7 heteroatoms. The number of methoxy groups -OCH3 is 1. The minimum atomic E-state index is -0.507. The number of rotatable bonds is 10. The van der Waals surface area contributed by atoms with Crippen LogP contribution in [0.1, 0.15) is 24.5 Å². The number of likely N-dealkylation sites (N-methyl/N-ethyl adjacent to an activating group) is 1. The fourth-order valence-electron chi connectivity index (χ4n) is 2.97. The highest BCUT2D eigenvalue weighted by Gasteiger charge is 2.27. The Morgan fingerprint density at radius 2 is 1.90 bits per heavy atom. The number of hydrogen-bond donors (Lipinski definition) is 1. The van der Waals surface area contributed by atoms with Crippen molar-refractivity contribution in [3.05, 3.63) is 64.1 Å². The Labute approximate surface area is 185 Å². The van der Waals surface area contributed by atoms with Crippen molar-refractivity contribution in [3.63, 3.8) is 0 Å². The van der Waals surface area contributed by atoms with E-state index in [9.17, 15) is 9.59 Å². The van der Waals surface area contributed by atoms with E-state index in [0.717, 1.165) is 27.1 Å². The van der Waals surface area contributed by atoms with Crippen molar-refractivity contribution in [1.82, 2.24) is 10.2 Å². The average Bonchev–Trinajstić information content (AvgIpc) is 2.74. The van der Waals surface area contributed by atoms with Gasteiger partial charge in [-0.25, -0.2) is 0 Å². The monoisotopic (exact) mass is 478 g/mol. The molecule has 0 spiro atoms. The van der Waals surface area contributed by atoms with Crippen LogP contribution in [0.15, 0.2) is 53.0 Å². The van der Waals surface area contributed by atoms with Gasteiger partial charge in [0.25, 0.3) is 0 Å². The molecule has 0 aliphatic carbocycles. The summed E-state index contributed by atoms with van der Waals surface area (Å²) in [6.45, 7) is 2.28. The number of carbonyl (C=O) groups excluding carboxylic acids is 2. The summed E-state index contributed by atoms with van der Waals surface area (Å²) < 4.78 is 6.32. The first-order valence-electron chi connectivity index (χ1n) is 9.44. The number of amides is 2. The zero-order chi connectivity index (χ0) is 21.2. The topological polar surface area (TPSA) is 58.6 Å². The van der Waals surface area contributed by atoms with Crippen molar-refractivity contribution in [3.8, 4) is 5.75 Å². The van der Waals surface area contributed by atoms with Crippen molar-refractivity contribution in [2.75, 3.05) is 19.9 Å². The van der Waals surface area contributed by atoms with Gasteiger partial charge in [-0.2, -0.15) is 0 Å². The molecule has 1 atom stereocenters. The second-order valence-corrected chi connectivity index (χ2v) is 8.43. The SMILES string of the molecule is CCC(C(=O)NC)N(Cc1cccc(OC)c1)C(=O)CSCc1ccc(Br)cc1. The van der Waals surface area contributed by atoms with Gasteiger partial charge < -0.3 is 15.0 Å². The molecule has 0 aliphatic rings. The van der Waals surface area contributed by atoms with Gasteiger partial charge in [-0.05, 0) is 41.8 Å². The molecule has 0 heterocycles. The third kappa shape index (κ3) is 7.08. The molecule has 0 radical (unpaired) electrons. The van der Waals surface area contributed by atoms with Gasteiger partial charge in [-0.1, -0.05) is 47.1 Å². The number of nitrogens with one attached hydrogen (secondary N) is 1. The largest absolute Gasteiger partial charge is 0.497 e. The Morgan fingerprint density at radius 3 is 2.52 bits per heavy atom. The minimum absolute atomic E-state index is 0.0506. The average molecular weight is 479 g/mol. The number of hydrogen-bond acceptors (Lipinski definition) is 4. The van der Waals surface area contributed by atoms with Crippen LogP contribution in [-0.2, 0) is 21.9 Å². The molecule has 0 bridgehead atoms. The summed E-state index contributed by atoms with van der Waals surface area (Å²) in [6, 6.07) is 15.1.